The van der Waals surface area contributed by atoms with Gasteiger partial charge in [-0.3, -0.25) is 4.98 Å². The van der Waals surface area contributed by atoms with Gasteiger partial charge in [-0.2, -0.15) is 5.10 Å². The Labute approximate surface area is 157 Å². The van der Waals surface area contributed by atoms with Crippen LogP contribution in [0, 0.1) is 6.92 Å². The monoisotopic (exact) mass is 366 g/mol. The fourth-order valence-electron chi connectivity index (χ4n) is 3.25. The molecule has 3 aromatic rings. The van der Waals surface area contributed by atoms with E-state index in [4.69, 9.17) is 4.74 Å². The Hall–Kier alpha value is -3.00. The number of carbonyl (C=O) groups excluding carboxylic acids is 1. The molecule has 3 aromatic heterocycles. The molecule has 1 atom stereocenters. The largest absolute Gasteiger partial charge is 0.376 e. The van der Waals surface area contributed by atoms with Crippen molar-refractivity contribution in [3.63, 3.8) is 0 Å². The maximum absolute atomic E-state index is 13.0. The Kier molecular flexibility index (Phi) is 4.97. The van der Waals surface area contributed by atoms with Gasteiger partial charge in [0, 0.05) is 25.5 Å². The lowest BCUT2D eigenvalue weighted by atomic mass is 10.2. The molecule has 0 aromatic carbocycles. The molecule has 0 radical (unpaired) electrons. The number of rotatable bonds is 5. The Balaban J connectivity index is 1.55. The van der Waals surface area contributed by atoms with Gasteiger partial charge in [0.15, 0.2) is 5.65 Å². The molecule has 0 unspecified atom stereocenters. The van der Waals surface area contributed by atoms with Gasteiger partial charge >= 0.3 is 6.03 Å². The number of nitrogens with one attached hydrogen (secondary N) is 1. The lowest BCUT2D eigenvalue weighted by molar-refractivity contribution is 0.0816. The minimum Gasteiger partial charge on any atom is -0.376 e. The fraction of sp³-hybridized carbons (Fsp3) is 0.368. The van der Waals surface area contributed by atoms with Gasteiger partial charge in [-0.1, -0.05) is 6.07 Å². The minimum atomic E-state index is -0.204. The standard InChI is InChI=1S/C19H22N6O2/c1-14-21-18-17(8-4-10-25(18)23-14)22-19(26)24(13-16-7-5-11-27-16)12-15-6-2-3-9-20-15/h2-4,6,8-10,16H,5,7,11-13H2,1H3,(H,22,26)/t16-/m1/s1. The van der Waals surface area contributed by atoms with Crippen molar-refractivity contribution in [2.75, 3.05) is 18.5 Å². The predicted octanol–water partition coefficient (Wildman–Crippen LogP) is 2.65. The molecular formula is C19H22N6O2. The van der Waals surface area contributed by atoms with Crippen LogP contribution < -0.4 is 5.32 Å². The molecule has 0 saturated carbocycles. The van der Waals surface area contributed by atoms with Crippen LogP contribution in [-0.2, 0) is 11.3 Å². The summed E-state index contributed by atoms with van der Waals surface area (Å²) < 4.78 is 7.39. The van der Waals surface area contributed by atoms with Crippen molar-refractivity contribution >= 4 is 17.4 Å². The molecule has 1 N–H and O–H groups in total. The number of hydrogen-bond acceptors (Lipinski definition) is 5. The highest BCUT2D eigenvalue weighted by atomic mass is 16.5. The molecule has 0 bridgehead atoms. The Morgan fingerprint density at radius 2 is 2.30 bits per heavy atom. The number of fused-ring (bicyclic) bond motifs is 1. The van der Waals surface area contributed by atoms with Crippen molar-refractivity contribution in [3.8, 4) is 0 Å². The van der Waals surface area contributed by atoms with Gasteiger partial charge in [0.05, 0.1) is 24.0 Å². The first-order valence-corrected chi connectivity index (χ1v) is 9.08. The molecule has 8 heteroatoms. The third-order valence-electron chi connectivity index (χ3n) is 4.52. The maximum Gasteiger partial charge on any atom is 0.322 e. The van der Waals surface area contributed by atoms with Gasteiger partial charge in [0.25, 0.3) is 0 Å². The highest BCUT2D eigenvalue weighted by Crippen LogP contribution is 2.18. The Morgan fingerprint density at radius 1 is 1.37 bits per heavy atom. The molecule has 27 heavy (non-hydrogen) atoms. The molecule has 1 saturated heterocycles. The van der Waals surface area contributed by atoms with Gasteiger partial charge in [-0.25, -0.2) is 14.3 Å². The number of anilines is 1. The summed E-state index contributed by atoms with van der Waals surface area (Å²) >= 11 is 0. The number of aryl methyl sites for hydroxylation is 1. The van der Waals surface area contributed by atoms with Crippen LogP contribution in [-0.4, -0.2) is 49.8 Å². The van der Waals surface area contributed by atoms with Gasteiger partial charge in [0.1, 0.15) is 5.82 Å². The van der Waals surface area contributed by atoms with Crippen LogP contribution in [0.2, 0.25) is 0 Å². The number of carbonyl (C=O) groups is 1. The summed E-state index contributed by atoms with van der Waals surface area (Å²) in [5.74, 6) is 0.654. The number of urea groups is 1. The van der Waals surface area contributed by atoms with E-state index >= 15 is 0 Å². The first-order chi connectivity index (χ1) is 13.2. The lowest BCUT2D eigenvalue weighted by Gasteiger charge is -2.25. The molecule has 2 amide bonds. The van der Waals surface area contributed by atoms with Crippen molar-refractivity contribution in [2.24, 2.45) is 0 Å². The molecule has 140 valence electrons. The second-order valence-corrected chi connectivity index (χ2v) is 6.62. The molecule has 8 nitrogen and oxygen atoms in total. The average molecular weight is 366 g/mol. The number of amides is 2. The summed E-state index contributed by atoms with van der Waals surface area (Å²) in [5.41, 5.74) is 2.09. The van der Waals surface area contributed by atoms with Crippen LogP contribution in [0.15, 0.2) is 42.7 Å². The lowest BCUT2D eigenvalue weighted by Crippen LogP contribution is -2.40. The normalized spacial score (nSPS) is 16.6. The van der Waals surface area contributed by atoms with E-state index in [0.29, 0.717) is 30.2 Å². The molecule has 4 rings (SSSR count). The van der Waals surface area contributed by atoms with Crippen LogP contribution in [0.3, 0.4) is 0 Å². The van der Waals surface area contributed by atoms with Crippen molar-refractivity contribution in [1.82, 2.24) is 24.5 Å². The zero-order valence-corrected chi connectivity index (χ0v) is 15.2. The van der Waals surface area contributed by atoms with E-state index in [-0.39, 0.29) is 12.1 Å². The molecular weight excluding hydrogens is 344 g/mol. The van der Waals surface area contributed by atoms with Crippen molar-refractivity contribution in [2.45, 2.75) is 32.4 Å². The second kappa shape index (κ2) is 7.71. The number of nitrogens with zero attached hydrogens (tertiary/aromatic N) is 5. The highest BCUT2D eigenvalue weighted by molar-refractivity contribution is 5.93. The number of pyridine rings is 2. The first kappa shape index (κ1) is 17.4. The van der Waals surface area contributed by atoms with Crippen LogP contribution in [0.4, 0.5) is 10.5 Å². The van der Waals surface area contributed by atoms with E-state index in [1.807, 2.05) is 43.5 Å². The fourth-order valence-corrected chi connectivity index (χ4v) is 3.25. The van der Waals surface area contributed by atoms with E-state index < -0.39 is 0 Å². The van der Waals surface area contributed by atoms with E-state index in [1.165, 1.54) is 0 Å². The van der Waals surface area contributed by atoms with Gasteiger partial charge < -0.3 is 15.0 Å². The molecule has 1 fully saturated rings. The van der Waals surface area contributed by atoms with E-state index in [1.54, 1.807) is 15.6 Å². The number of hydrogen-bond donors (Lipinski definition) is 1. The van der Waals surface area contributed by atoms with E-state index in [2.05, 4.69) is 20.4 Å². The first-order valence-electron chi connectivity index (χ1n) is 9.08. The molecule has 1 aliphatic heterocycles. The van der Waals surface area contributed by atoms with Gasteiger partial charge in [-0.15, -0.1) is 0 Å². The summed E-state index contributed by atoms with van der Waals surface area (Å²) in [5, 5.41) is 7.26. The summed E-state index contributed by atoms with van der Waals surface area (Å²) in [6.07, 6.45) is 5.60. The number of ether oxygens (including phenoxy) is 1. The van der Waals surface area contributed by atoms with E-state index in [0.717, 1.165) is 25.1 Å². The van der Waals surface area contributed by atoms with Gasteiger partial charge in [0.2, 0.25) is 0 Å². The topological polar surface area (TPSA) is 84.7 Å². The average Bonchev–Trinajstić information content (AvgIpc) is 3.31. The summed E-state index contributed by atoms with van der Waals surface area (Å²) in [6, 6.07) is 9.15. The summed E-state index contributed by atoms with van der Waals surface area (Å²) in [7, 11) is 0. The van der Waals surface area contributed by atoms with Crippen LogP contribution in [0.5, 0.6) is 0 Å². The third kappa shape index (κ3) is 4.06. The molecule has 1 aliphatic rings. The zero-order valence-electron chi connectivity index (χ0n) is 15.2. The maximum atomic E-state index is 13.0. The van der Waals surface area contributed by atoms with Crippen molar-refractivity contribution in [3.05, 3.63) is 54.2 Å². The van der Waals surface area contributed by atoms with Crippen LogP contribution in [0.1, 0.15) is 24.4 Å². The van der Waals surface area contributed by atoms with Crippen LogP contribution >= 0.6 is 0 Å². The smallest absolute Gasteiger partial charge is 0.322 e. The predicted molar refractivity (Wildman–Crippen MR) is 100 cm³/mol. The number of aromatic nitrogens is 4. The molecule has 0 spiro atoms. The zero-order chi connectivity index (χ0) is 18.6. The van der Waals surface area contributed by atoms with E-state index in [9.17, 15) is 4.79 Å². The van der Waals surface area contributed by atoms with Crippen molar-refractivity contribution < 1.29 is 9.53 Å². The third-order valence-corrected chi connectivity index (χ3v) is 4.52. The summed E-state index contributed by atoms with van der Waals surface area (Å²) in [6.45, 7) is 3.52. The molecule has 4 heterocycles. The SMILES string of the molecule is Cc1nc2c(NC(=O)N(Cc3ccccn3)C[C@H]3CCCO3)cccn2n1. The highest BCUT2D eigenvalue weighted by Gasteiger charge is 2.24. The Morgan fingerprint density at radius 3 is 3.07 bits per heavy atom. The van der Waals surface area contributed by atoms with Crippen LogP contribution in [0.25, 0.3) is 5.65 Å². The second-order valence-electron chi connectivity index (χ2n) is 6.62. The minimum absolute atomic E-state index is 0.0607. The quantitative estimate of drug-likeness (QED) is 0.750. The van der Waals surface area contributed by atoms with Gasteiger partial charge in [-0.05, 0) is 44.0 Å². The Bertz CT molecular complexity index is 920. The summed E-state index contributed by atoms with van der Waals surface area (Å²) in [4.78, 5) is 23.5. The van der Waals surface area contributed by atoms with Crippen molar-refractivity contribution in [1.29, 1.82) is 0 Å². The molecule has 0 aliphatic carbocycles.